The van der Waals surface area contributed by atoms with Gasteiger partial charge in [-0.2, -0.15) is 0 Å². The Balaban J connectivity index is 1.76. The molecule has 1 aliphatic rings. The van der Waals surface area contributed by atoms with Crippen LogP contribution in [0.5, 0.6) is 0 Å². The Morgan fingerprint density at radius 1 is 1.19 bits per heavy atom. The van der Waals surface area contributed by atoms with Gasteiger partial charge in [-0.05, 0) is 26.3 Å². The second-order valence-electron chi connectivity index (χ2n) is 4.49. The second-order valence-corrected chi connectivity index (χ2v) is 4.49. The first-order valence-corrected chi connectivity index (χ1v) is 6.31. The van der Waals surface area contributed by atoms with E-state index in [1.807, 2.05) is 0 Å². The third kappa shape index (κ3) is 8.05. The minimum Gasteiger partial charge on any atom is -0.385 e. The molecule has 1 aliphatic carbocycles. The highest BCUT2D eigenvalue weighted by Gasteiger charge is 2.19. The van der Waals surface area contributed by atoms with Crippen LogP contribution in [0.4, 0.5) is 0 Å². The summed E-state index contributed by atoms with van der Waals surface area (Å²) in [4.78, 5) is 2.31. The van der Waals surface area contributed by atoms with Gasteiger partial charge in [0.25, 0.3) is 0 Å². The van der Waals surface area contributed by atoms with Crippen LogP contribution in [-0.4, -0.2) is 64.6 Å². The topological polar surface area (TPSA) is 33.7 Å². The first kappa shape index (κ1) is 13.9. The molecule has 0 bridgehead atoms. The fourth-order valence-corrected chi connectivity index (χ4v) is 1.49. The highest BCUT2D eigenvalue weighted by molar-refractivity contribution is 4.80. The van der Waals surface area contributed by atoms with E-state index in [9.17, 15) is 0 Å². The normalized spacial score (nSPS) is 15.9. The van der Waals surface area contributed by atoms with Crippen LogP contribution in [0.1, 0.15) is 19.3 Å². The van der Waals surface area contributed by atoms with Gasteiger partial charge in [0.15, 0.2) is 0 Å². The van der Waals surface area contributed by atoms with E-state index in [1.165, 1.54) is 12.8 Å². The molecular formula is C12H26N2O2. The van der Waals surface area contributed by atoms with Gasteiger partial charge in [-0.1, -0.05) is 0 Å². The zero-order valence-electron chi connectivity index (χ0n) is 10.7. The van der Waals surface area contributed by atoms with Crippen molar-refractivity contribution in [2.75, 3.05) is 53.6 Å². The Bertz CT molecular complexity index is 163. The molecule has 0 amide bonds. The highest BCUT2D eigenvalue weighted by Crippen LogP contribution is 2.17. The fraction of sp³-hybridized carbons (Fsp3) is 1.00. The Morgan fingerprint density at radius 3 is 2.69 bits per heavy atom. The summed E-state index contributed by atoms with van der Waals surface area (Å²) in [6.07, 6.45) is 3.72. The van der Waals surface area contributed by atoms with Crippen molar-refractivity contribution in [3.8, 4) is 0 Å². The van der Waals surface area contributed by atoms with Gasteiger partial charge in [0, 0.05) is 46.0 Å². The maximum Gasteiger partial charge on any atom is 0.0593 e. The molecule has 0 aromatic rings. The smallest absolute Gasteiger partial charge is 0.0593 e. The molecule has 1 N–H and O–H groups in total. The van der Waals surface area contributed by atoms with Crippen LogP contribution >= 0.6 is 0 Å². The molecule has 1 fully saturated rings. The summed E-state index contributed by atoms with van der Waals surface area (Å²) in [6.45, 7) is 5.65. The molecule has 96 valence electrons. The van der Waals surface area contributed by atoms with Gasteiger partial charge >= 0.3 is 0 Å². The summed E-state index contributed by atoms with van der Waals surface area (Å²) in [5.74, 6) is 0. The lowest BCUT2D eigenvalue weighted by Gasteiger charge is -2.16. The molecule has 1 rings (SSSR count). The molecule has 0 aliphatic heterocycles. The maximum atomic E-state index is 5.50. The fourth-order valence-electron chi connectivity index (χ4n) is 1.49. The first-order chi connectivity index (χ1) is 7.83. The monoisotopic (exact) mass is 230 g/mol. The molecule has 4 nitrogen and oxygen atoms in total. The Hall–Kier alpha value is -0.160. The van der Waals surface area contributed by atoms with Crippen molar-refractivity contribution >= 4 is 0 Å². The van der Waals surface area contributed by atoms with Crippen molar-refractivity contribution in [1.29, 1.82) is 0 Å². The molecule has 0 aromatic heterocycles. The molecule has 0 aromatic carbocycles. The van der Waals surface area contributed by atoms with Crippen LogP contribution in [-0.2, 0) is 9.47 Å². The maximum absolute atomic E-state index is 5.50. The number of methoxy groups -OCH3 is 1. The van der Waals surface area contributed by atoms with E-state index in [0.717, 1.165) is 51.9 Å². The van der Waals surface area contributed by atoms with E-state index in [-0.39, 0.29) is 0 Å². The van der Waals surface area contributed by atoms with Crippen molar-refractivity contribution in [1.82, 2.24) is 10.2 Å². The first-order valence-electron chi connectivity index (χ1n) is 6.31. The molecular weight excluding hydrogens is 204 g/mol. The van der Waals surface area contributed by atoms with Crippen molar-refractivity contribution in [2.45, 2.75) is 25.3 Å². The van der Waals surface area contributed by atoms with Crippen LogP contribution in [0.15, 0.2) is 0 Å². The van der Waals surface area contributed by atoms with Gasteiger partial charge in [-0.25, -0.2) is 0 Å². The molecule has 0 unspecified atom stereocenters. The average molecular weight is 230 g/mol. The average Bonchev–Trinajstić information content (AvgIpc) is 3.07. The molecule has 1 saturated carbocycles. The molecule has 0 radical (unpaired) electrons. The van der Waals surface area contributed by atoms with E-state index < -0.39 is 0 Å². The number of rotatable bonds is 11. The second kappa shape index (κ2) is 8.93. The molecule has 0 saturated heterocycles. The van der Waals surface area contributed by atoms with E-state index in [2.05, 4.69) is 17.3 Å². The van der Waals surface area contributed by atoms with Crippen LogP contribution in [0, 0.1) is 0 Å². The number of ether oxygens (including phenoxy) is 2. The van der Waals surface area contributed by atoms with E-state index >= 15 is 0 Å². The number of nitrogens with one attached hydrogen (secondary N) is 1. The lowest BCUT2D eigenvalue weighted by Crippen LogP contribution is -2.32. The molecule has 0 spiro atoms. The van der Waals surface area contributed by atoms with E-state index in [0.29, 0.717) is 0 Å². The van der Waals surface area contributed by atoms with Crippen molar-refractivity contribution in [3.63, 3.8) is 0 Å². The SMILES string of the molecule is COCCCOCCN(C)CCNC1CC1. The van der Waals surface area contributed by atoms with Crippen LogP contribution < -0.4 is 5.32 Å². The minimum atomic E-state index is 0.793. The standard InChI is InChI=1S/C12H26N2O2/c1-14(7-6-13-12-4-5-12)8-11-16-10-3-9-15-2/h12-13H,3-11H2,1-2H3. The zero-order valence-corrected chi connectivity index (χ0v) is 10.7. The number of nitrogens with zero attached hydrogens (tertiary/aromatic N) is 1. The minimum absolute atomic E-state index is 0.793. The predicted molar refractivity (Wildman–Crippen MR) is 65.8 cm³/mol. The lowest BCUT2D eigenvalue weighted by atomic mass is 10.5. The number of hydrogen-bond donors (Lipinski definition) is 1. The molecule has 0 atom stereocenters. The Kier molecular flexibility index (Phi) is 7.76. The quantitative estimate of drug-likeness (QED) is 0.530. The van der Waals surface area contributed by atoms with Gasteiger partial charge in [0.1, 0.15) is 0 Å². The summed E-state index contributed by atoms with van der Waals surface area (Å²) in [7, 11) is 3.87. The summed E-state index contributed by atoms with van der Waals surface area (Å²) in [5.41, 5.74) is 0. The van der Waals surface area contributed by atoms with Crippen LogP contribution in [0.3, 0.4) is 0 Å². The Labute approximate surface area is 99.3 Å². The molecule has 4 heteroatoms. The lowest BCUT2D eigenvalue weighted by molar-refractivity contribution is 0.0889. The van der Waals surface area contributed by atoms with Crippen LogP contribution in [0.2, 0.25) is 0 Å². The van der Waals surface area contributed by atoms with Crippen molar-refractivity contribution in [2.24, 2.45) is 0 Å². The number of hydrogen-bond acceptors (Lipinski definition) is 4. The van der Waals surface area contributed by atoms with E-state index in [4.69, 9.17) is 9.47 Å². The predicted octanol–water partition coefficient (Wildman–Crippen LogP) is 0.723. The van der Waals surface area contributed by atoms with Gasteiger partial charge < -0.3 is 19.7 Å². The van der Waals surface area contributed by atoms with Gasteiger partial charge in [-0.15, -0.1) is 0 Å². The largest absolute Gasteiger partial charge is 0.385 e. The summed E-state index contributed by atoms with van der Waals surface area (Å²) in [6, 6.07) is 0.818. The van der Waals surface area contributed by atoms with Crippen LogP contribution in [0.25, 0.3) is 0 Å². The van der Waals surface area contributed by atoms with Gasteiger partial charge in [0.05, 0.1) is 6.61 Å². The van der Waals surface area contributed by atoms with E-state index in [1.54, 1.807) is 7.11 Å². The summed E-state index contributed by atoms with van der Waals surface area (Å²) >= 11 is 0. The zero-order chi connectivity index (χ0) is 11.6. The highest BCUT2D eigenvalue weighted by atomic mass is 16.5. The molecule has 16 heavy (non-hydrogen) atoms. The number of likely N-dealkylation sites (N-methyl/N-ethyl adjacent to an activating group) is 1. The summed E-state index contributed by atoms with van der Waals surface area (Å²) in [5, 5.41) is 3.51. The third-order valence-corrected chi connectivity index (χ3v) is 2.76. The Morgan fingerprint density at radius 2 is 2.00 bits per heavy atom. The van der Waals surface area contributed by atoms with Gasteiger partial charge in [0.2, 0.25) is 0 Å². The molecule has 0 heterocycles. The van der Waals surface area contributed by atoms with Crippen molar-refractivity contribution in [3.05, 3.63) is 0 Å². The summed E-state index contributed by atoms with van der Waals surface area (Å²) < 4.78 is 10.5. The third-order valence-electron chi connectivity index (χ3n) is 2.76. The van der Waals surface area contributed by atoms with Crippen molar-refractivity contribution < 1.29 is 9.47 Å². The van der Waals surface area contributed by atoms with Gasteiger partial charge in [-0.3, -0.25) is 0 Å².